The molecule has 0 fully saturated rings. The third-order valence-electron chi connectivity index (χ3n) is 2.63. The van der Waals surface area contributed by atoms with Crippen molar-refractivity contribution in [3.8, 4) is 5.69 Å². The minimum Gasteiger partial charge on any atom is -0.236 e. The number of alkyl halides is 1. The van der Waals surface area contributed by atoms with Gasteiger partial charge in [-0.2, -0.15) is 5.10 Å². The van der Waals surface area contributed by atoms with Crippen molar-refractivity contribution in [3.05, 3.63) is 44.6 Å². The molecule has 1 aromatic carbocycles. The van der Waals surface area contributed by atoms with Crippen molar-refractivity contribution >= 4 is 39.1 Å². The van der Waals surface area contributed by atoms with Gasteiger partial charge in [0.05, 0.1) is 22.1 Å². The number of halogens is 3. The zero-order valence-electron chi connectivity index (χ0n) is 9.47. The van der Waals surface area contributed by atoms with E-state index in [0.29, 0.717) is 10.9 Å². The Morgan fingerprint density at radius 1 is 1.35 bits per heavy atom. The second kappa shape index (κ2) is 5.01. The van der Waals surface area contributed by atoms with Crippen LogP contribution >= 0.6 is 39.1 Å². The number of hydrogen-bond donors (Lipinski definition) is 0. The van der Waals surface area contributed by atoms with Crippen molar-refractivity contribution < 1.29 is 0 Å². The molecule has 0 bridgehead atoms. The molecule has 0 spiro atoms. The Kier molecular flexibility index (Phi) is 3.81. The predicted molar refractivity (Wildman–Crippen MR) is 75.3 cm³/mol. The summed E-state index contributed by atoms with van der Waals surface area (Å²) in [6.07, 6.45) is 0. The number of aromatic nitrogens is 2. The molecule has 0 saturated carbocycles. The highest BCUT2D eigenvalue weighted by Crippen LogP contribution is 2.26. The van der Waals surface area contributed by atoms with E-state index in [1.165, 1.54) is 0 Å². The van der Waals surface area contributed by atoms with Crippen LogP contribution in [0.4, 0.5) is 0 Å². The normalized spacial score (nSPS) is 10.9. The minimum absolute atomic E-state index is 0.485. The average Bonchev–Trinajstić information content (AvgIpc) is 2.57. The van der Waals surface area contributed by atoms with Crippen LogP contribution in [-0.2, 0) is 5.88 Å². The molecule has 0 radical (unpaired) electrons. The minimum atomic E-state index is 0.485. The van der Waals surface area contributed by atoms with E-state index in [0.717, 1.165) is 27.1 Å². The first-order valence-electron chi connectivity index (χ1n) is 5.11. The van der Waals surface area contributed by atoms with Gasteiger partial charge in [0.25, 0.3) is 0 Å². The molecule has 0 aliphatic rings. The van der Waals surface area contributed by atoms with Gasteiger partial charge in [-0.3, -0.25) is 0 Å². The topological polar surface area (TPSA) is 17.8 Å². The molecule has 1 heterocycles. The smallest absolute Gasteiger partial charge is 0.0848 e. The highest BCUT2D eigenvalue weighted by molar-refractivity contribution is 9.10. The highest BCUT2D eigenvalue weighted by Gasteiger charge is 2.11. The second-order valence-corrected chi connectivity index (χ2v) is 5.31. The van der Waals surface area contributed by atoms with Gasteiger partial charge in [0, 0.05) is 10.4 Å². The molecule has 5 heteroatoms. The Labute approximate surface area is 119 Å². The lowest BCUT2D eigenvalue weighted by atomic mass is 10.2. The molecular weight excluding hydrogens is 323 g/mol. The largest absolute Gasteiger partial charge is 0.236 e. The summed E-state index contributed by atoms with van der Waals surface area (Å²) in [5.74, 6) is 0.485. The second-order valence-electron chi connectivity index (χ2n) is 3.81. The Morgan fingerprint density at radius 3 is 2.53 bits per heavy atom. The van der Waals surface area contributed by atoms with E-state index in [2.05, 4.69) is 21.0 Å². The van der Waals surface area contributed by atoms with Crippen LogP contribution in [0.5, 0.6) is 0 Å². The van der Waals surface area contributed by atoms with Gasteiger partial charge in [-0.1, -0.05) is 33.6 Å². The van der Waals surface area contributed by atoms with Crippen molar-refractivity contribution in [2.24, 2.45) is 0 Å². The first-order valence-corrected chi connectivity index (χ1v) is 6.81. The van der Waals surface area contributed by atoms with Gasteiger partial charge >= 0.3 is 0 Å². The molecule has 2 aromatic rings. The van der Waals surface area contributed by atoms with Crippen LogP contribution in [0.2, 0.25) is 5.02 Å². The van der Waals surface area contributed by atoms with Crippen LogP contribution in [0, 0.1) is 13.8 Å². The molecule has 0 saturated heterocycles. The van der Waals surface area contributed by atoms with Gasteiger partial charge in [0.2, 0.25) is 0 Å². The van der Waals surface area contributed by atoms with Crippen LogP contribution in [0.25, 0.3) is 5.69 Å². The van der Waals surface area contributed by atoms with Gasteiger partial charge in [-0.15, -0.1) is 11.6 Å². The SMILES string of the molecule is Cc1nn(-c2ccc(CCl)c(Br)c2)c(C)c1Cl. The third-order valence-corrected chi connectivity index (χ3v) is 4.20. The Morgan fingerprint density at radius 2 is 2.06 bits per heavy atom. The number of benzene rings is 1. The standard InChI is InChI=1S/C12H11BrCl2N2/c1-7-12(15)8(2)17(16-7)10-4-3-9(6-14)11(13)5-10/h3-5H,6H2,1-2H3. The van der Waals surface area contributed by atoms with Gasteiger partial charge < -0.3 is 0 Å². The number of hydrogen-bond acceptors (Lipinski definition) is 1. The third kappa shape index (κ3) is 2.37. The summed E-state index contributed by atoms with van der Waals surface area (Å²) >= 11 is 15.4. The fourth-order valence-electron chi connectivity index (χ4n) is 1.65. The molecule has 17 heavy (non-hydrogen) atoms. The van der Waals surface area contributed by atoms with Crippen LogP contribution in [0.15, 0.2) is 22.7 Å². The van der Waals surface area contributed by atoms with Crippen molar-refractivity contribution in [1.29, 1.82) is 0 Å². The van der Waals surface area contributed by atoms with E-state index in [1.54, 1.807) is 0 Å². The number of nitrogens with zero attached hydrogens (tertiary/aromatic N) is 2. The van der Waals surface area contributed by atoms with Gasteiger partial charge in [0.1, 0.15) is 0 Å². The molecule has 2 nitrogen and oxygen atoms in total. The van der Waals surface area contributed by atoms with E-state index in [9.17, 15) is 0 Å². The summed E-state index contributed by atoms with van der Waals surface area (Å²) in [5.41, 5.74) is 3.80. The van der Waals surface area contributed by atoms with Gasteiger partial charge in [-0.25, -0.2) is 4.68 Å². The quantitative estimate of drug-likeness (QED) is 0.732. The molecule has 0 aliphatic heterocycles. The summed E-state index contributed by atoms with van der Waals surface area (Å²) in [4.78, 5) is 0. The van der Waals surface area contributed by atoms with Crippen LogP contribution in [0.1, 0.15) is 17.0 Å². The maximum Gasteiger partial charge on any atom is 0.0848 e. The van der Waals surface area contributed by atoms with E-state index in [1.807, 2.05) is 36.7 Å². The summed E-state index contributed by atoms with van der Waals surface area (Å²) in [6, 6.07) is 5.96. The van der Waals surface area contributed by atoms with Gasteiger partial charge in [0.15, 0.2) is 0 Å². The van der Waals surface area contributed by atoms with Crippen molar-refractivity contribution in [1.82, 2.24) is 9.78 Å². The average molecular weight is 334 g/mol. The number of rotatable bonds is 2. The summed E-state index contributed by atoms with van der Waals surface area (Å²) in [7, 11) is 0. The lowest BCUT2D eigenvalue weighted by Gasteiger charge is -2.07. The predicted octanol–water partition coefficient (Wildman–Crippen LogP) is 4.64. The van der Waals surface area contributed by atoms with Crippen molar-refractivity contribution in [2.45, 2.75) is 19.7 Å². The zero-order chi connectivity index (χ0) is 12.6. The molecule has 0 aliphatic carbocycles. The molecule has 0 N–H and O–H groups in total. The van der Waals surface area contributed by atoms with E-state index < -0.39 is 0 Å². The van der Waals surface area contributed by atoms with E-state index in [-0.39, 0.29) is 0 Å². The van der Waals surface area contributed by atoms with E-state index >= 15 is 0 Å². The van der Waals surface area contributed by atoms with E-state index in [4.69, 9.17) is 23.2 Å². The Balaban J connectivity index is 2.53. The molecule has 1 aromatic heterocycles. The molecule has 0 unspecified atom stereocenters. The monoisotopic (exact) mass is 332 g/mol. The molecule has 0 amide bonds. The number of aryl methyl sites for hydroxylation is 1. The fraction of sp³-hybridized carbons (Fsp3) is 0.250. The Bertz CT molecular complexity index is 564. The van der Waals surface area contributed by atoms with Crippen molar-refractivity contribution in [3.63, 3.8) is 0 Å². The first kappa shape index (κ1) is 12.9. The van der Waals surface area contributed by atoms with Crippen molar-refractivity contribution in [2.75, 3.05) is 0 Å². The molecule has 90 valence electrons. The van der Waals surface area contributed by atoms with Crippen LogP contribution in [0.3, 0.4) is 0 Å². The summed E-state index contributed by atoms with van der Waals surface area (Å²) in [5, 5.41) is 5.12. The van der Waals surface area contributed by atoms with Crippen LogP contribution < -0.4 is 0 Å². The molecule has 2 rings (SSSR count). The summed E-state index contributed by atoms with van der Waals surface area (Å²) < 4.78 is 2.81. The highest BCUT2D eigenvalue weighted by atomic mass is 79.9. The zero-order valence-corrected chi connectivity index (χ0v) is 12.6. The maximum atomic E-state index is 6.13. The van der Waals surface area contributed by atoms with Crippen LogP contribution in [-0.4, -0.2) is 9.78 Å². The Hall–Kier alpha value is -0.510. The summed E-state index contributed by atoms with van der Waals surface area (Å²) in [6.45, 7) is 3.85. The lowest BCUT2D eigenvalue weighted by Crippen LogP contribution is -1.99. The molecule has 0 atom stereocenters. The fourth-order valence-corrected chi connectivity index (χ4v) is 2.67. The molecular formula is C12H11BrCl2N2. The van der Waals surface area contributed by atoms with Gasteiger partial charge in [-0.05, 0) is 31.5 Å². The first-order chi connectivity index (χ1) is 8.04. The lowest BCUT2D eigenvalue weighted by molar-refractivity contribution is 0.832. The maximum absolute atomic E-state index is 6.13.